The summed E-state index contributed by atoms with van der Waals surface area (Å²) in [5.74, 6) is -0.231. The Hall–Kier alpha value is -2.09. The summed E-state index contributed by atoms with van der Waals surface area (Å²) in [5.41, 5.74) is 1.83. The van der Waals surface area contributed by atoms with E-state index in [4.69, 9.17) is 4.74 Å². The summed E-state index contributed by atoms with van der Waals surface area (Å²) in [6.45, 7) is 2.14. The number of carbonyl (C=O) groups is 1. The molecule has 0 heterocycles. The molecule has 2 aromatic rings. The van der Waals surface area contributed by atoms with Gasteiger partial charge >= 0.3 is 5.97 Å². The fourth-order valence-electron chi connectivity index (χ4n) is 2.39. The minimum absolute atomic E-state index is 0.0115. The summed E-state index contributed by atoms with van der Waals surface area (Å²) in [6.07, 6.45) is 0.887. The van der Waals surface area contributed by atoms with Crippen LogP contribution in [0.25, 0.3) is 0 Å². The highest BCUT2D eigenvalue weighted by atomic mass is 16.5. The Morgan fingerprint density at radius 1 is 1.05 bits per heavy atom. The first-order chi connectivity index (χ1) is 9.20. The Morgan fingerprint density at radius 2 is 1.63 bits per heavy atom. The zero-order chi connectivity index (χ0) is 13.3. The van der Waals surface area contributed by atoms with Crippen LogP contribution in [0, 0.1) is 0 Å². The molecule has 0 saturated heterocycles. The van der Waals surface area contributed by atoms with E-state index in [1.165, 1.54) is 5.56 Å². The molecule has 2 nitrogen and oxygen atoms in total. The van der Waals surface area contributed by atoms with E-state index < -0.39 is 0 Å². The molecular formula is C17H16O2. The maximum absolute atomic E-state index is 12.0. The van der Waals surface area contributed by atoms with Gasteiger partial charge in [-0.1, -0.05) is 55.5 Å². The van der Waals surface area contributed by atoms with Crippen LogP contribution in [0.4, 0.5) is 0 Å². The molecule has 0 radical (unpaired) electrons. The summed E-state index contributed by atoms with van der Waals surface area (Å²) in [5, 5.41) is 0. The molecule has 0 spiro atoms. The summed E-state index contributed by atoms with van der Waals surface area (Å²) in [6, 6.07) is 19.4. The standard InChI is InChI=1S/C17H16O2/c1-17(14-10-6-3-7-11-14)12-15(17)19-16(18)13-8-4-2-5-9-13/h2-11,15H,12H2,1H3/t15-,17+/m1/s1. The van der Waals surface area contributed by atoms with Crippen molar-refractivity contribution < 1.29 is 9.53 Å². The van der Waals surface area contributed by atoms with E-state index in [9.17, 15) is 4.79 Å². The second-order valence-corrected chi connectivity index (χ2v) is 5.25. The number of hydrogen-bond acceptors (Lipinski definition) is 2. The largest absolute Gasteiger partial charge is 0.458 e. The van der Waals surface area contributed by atoms with Crippen molar-refractivity contribution in [2.75, 3.05) is 0 Å². The molecule has 1 aliphatic rings. The number of benzene rings is 2. The molecule has 0 amide bonds. The Kier molecular flexibility index (Phi) is 2.86. The molecule has 2 aromatic carbocycles. The van der Waals surface area contributed by atoms with Crippen LogP contribution in [0.1, 0.15) is 29.3 Å². The lowest BCUT2D eigenvalue weighted by atomic mass is 9.98. The smallest absolute Gasteiger partial charge is 0.338 e. The molecule has 1 fully saturated rings. The van der Waals surface area contributed by atoms with E-state index in [-0.39, 0.29) is 17.5 Å². The fourth-order valence-corrected chi connectivity index (χ4v) is 2.39. The number of rotatable bonds is 3. The molecule has 2 atom stereocenters. The number of carbonyl (C=O) groups excluding carboxylic acids is 1. The Bertz CT molecular complexity index is 577. The van der Waals surface area contributed by atoms with Gasteiger partial charge in [0, 0.05) is 5.41 Å². The van der Waals surface area contributed by atoms with Gasteiger partial charge in [0.1, 0.15) is 6.10 Å². The number of hydrogen-bond donors (Lipinski definition) is 0. The Morgan fingerprint density at radius 3 is 2.26 bits per heavy atom. The summed E-state index contributed by atoms with van der Waals surface area (Å²) in [7, 11) is 0. The minimum atomic E-state index is -0.231. The predicted octanol–water partition coefficient (Wildman–Crippen LogP) is 3.57. The number of ether oxygens (including phenoxy) is 1. The van der Waals surface area contributed by atoms with Gasteiger partial charge < -0.3 is 4.74 Å². The second kappa shape index (κ2) is 4.54. The van der Waals surface area contributed by atoms with Gasteiger partial charge in [0.2, 0.25) is 0 Å². The van der Waals surface area contributed by atoms with E-state index in [0.717, 1.165) is 6.42 Å². The average molecular weight is 252 g/mol. The van der Waals surface area contributed by atoms with E-state index in [1.54, 1.807) is 12.1 Å². The van der Waals surface area contributed by atoms with Crippen LogP contribution in [-0.2, 0) is 10.2 Å². The van der Waals surface area contributed by atoms with Gasteiger partial charge in [-0.05, 0) is 24.1 Å². The molecule has 0 bridgehead atoms. The van der Waals surface area contributed by atoms with Gasteiger partial charge in [0.15, 0.2) is 0 Å². The highest BCUT2D eigenvalue weighted by Crippen LogP contribution is 2.50. The molecule has 0 aromatic heterocycles. The maximum Gasteiger partial charge on any atom is 0.338 e. The van der Waals surface area contributed by atoms with Crippen LogP contribution in [0.5, 0.6) is 0 Å². The molecule has 0 unspecified atom stereocenters. The lowest BCUT2D eigenvalue weighted by Crippen LogP contribution is -2.14. The first kappa shape index (κ1) is 12.0. The van der Waals surface area contributed by atoms with Gasteiger partial charge in [-0.2, -0.15) is 0 Å². The van der Waals surface area contributed by atoms with Crippen molar-refractivity contribution in [3.05, 3.63) is 71.8 Å². The van der Waals surface area contributed by atoms with Crippen LogP contribution in [0.3, 0.4) is 0 Å². The van der Waals surface area contributed by atoms with Crippen molar-refractivity contribution in [1.82, 2.24) is 0 Å². The zero-order valence-electron chi connectivity index (χ0n) is 10.9. The van der Waals surface area contributed by atoms with Gasteiger partial charge in [0.25, 0.3) is 0 Å². The summed E-state index contributed by atoms with van der Waals surface area (Å²) in [4.78, 5) is 12.0. The molecular weight excluding hydrogens is 236 g/mol. The Balaban J connectivity index is 1.69. The third-order valence-corrected chi connectivity index (χ3v) is 3.85. The van der Waals surface area contributed by atoms with E-state index >= 15 is 0 Å². The van der Waals surface area contributed by atoms with Gasteiger partial charge in [-0.25, -0.2) is 4.79 Å². The van der Waals surface area contributed by atoms with Crippen LogP contribution < -0.4 is 0 Å². The van der Waals surface area contributed by atoms with Crippen molar-refractivity contribution in [2.24, 2.45) is 0 Å². The lowest BCUT2D eigenvalue weighted by Gasteiger charge is -2.12. The van der Waals surface area contributed by atoms with Gasteiger partial charge in [-0.3, -0.25) is 0 Å². The molecule has 96 valence electrons. The van der Waals surface area contributed by atoms with Crippen molar-refractivity contribution in [3.63, 3.8) is 0 Å². The van der Waals surface area contributed by atoms with Crippen LogP contribution in [-0.4, -0.2) is 12.1 Å². The van der Waals surface area contributed by atoms with Gasteiger partial charge in [-0.15, -0.1) is 0 Å². The third kappa shape index (κ3) is 2.26. The molecule has 3 rings (SSSR count). The topological polar surface area (TPSA) is 26.3 Å². The van der Waals surface area contributed by atoms with E-state index in [2.05, 4.69) is 19.1 Å². The van der Waals surface area contributed by atoms with Crippen molar-refractivity contribution in [3.8, 4) is 0 Å². The highest BCUT2D eigenvalue weighted by molar-refractivity contribution is 5.89. The molecule has 0 N–H and O–H groups in total. The average Bonchev–Trinajstić information content (AvgIpc) is 3.12. The van der Waals surface area contributed by atoms with Crippen LogP contribution in [0.15, 0.2) is 60.7 Å². The van der Waals surface area contributed by atoms with Crippen LogP contribution in [0.2, 0.25) is 0 Å². The lowest BCUT2D eigenvalue weighted by molar-refractivity contribution is 0.0443. The SMILES string of the molecule is C[C@@]1(c2ccccc2)C[C@H]1OC(=O)c1ccccc1. The molecule has 1 aliphatic carbocycles. The highest BCUT2D eigenvalue weighted by Gasteiger charge is 2.54. The molecule has 19 heavy (non-hydrogen) atoms. The second-order valence-electron chi connectivity index (χ2n) is 5.25. The van der Waals surface area contributed by atoms with Crippen molar-refractivity contribution in [1.29, 1.82) is 0 Å². The zero-order valence-corrected chi connectivity index (χ0v) is 10.9. The third-order valence-electron chi connectivity index (χ3n) is 3.85. The predicted molar refractivity (Wildman–Crippen MR) is 74.1 cm³/mol. The fraction of sp³-hybridized carbons (Fsp3) is 0.235. The van der Waals surface area contributed by atoms with E-state index in [0.29, 0.717) is 5.56 Å². The van der Waals surface area contributed by atoms with Crippen LogP contribution >= 0.6 is 0 Å². The molecule has 1 saturated carbocycles. The quantitative estimate of drug-likeness (QED) is 0.780. The first-order valence-electron chi connectivity index (χ1n) is 6.52. The summed E-state index contributed by atoms with van der Waals surface area (Å²) < 4.78 is 5.58. The molecule has 2 heteroatoms. The maximum atomic E-state index is 12.0. The van der Waals surface area contributed by atoms with Crippen molar-refractivity contribution in [2.45, 2.75) is 24.9 Å². The first-order valence-corrected chi connectivity index (χ1v) is 6.52. The minimum Gasteiger partial charge on any atom is -0.458 e. The molecule has 0 aliphatic heterocycles. The van der Waals surface area contributed by atoms with Gasteiger partial charge in [0.05, 0.1) is 5.56 Å². The summed E-state index contributed by atoms with van der Waals surface area (Å²) >= 11 is 0. The number of esters is 1. The normalized spacial score (nSPS) is 24.8. The Labute approximate surface area is 113 Å². The van der Waals surface area contributed by atoms with E-state index in [1.807, 2.05) is 36.4 Å². The van der Waals surface area contributed by atoms with Crippen molar-refractivity contribution >= 4 is 5.97 Å². The monoisotopic (exact) mass is 252 g/mol.